The molecule has 0 saturated carbocycles. The van der Waals surface area contributed by atoms with Crippen LogP contribution in [-0.2, 0) is 6.54 Å². The number of ether oxygens (including phenoxy) is 1. The fourth-order valence-electron chi connectivity index (χ4n) is 4.83. The van der Waals surface area contributed by atoms with Crippen LogP contribution in [0.2, 0.25) is 5.02 Å². The van der Waals surface area contributed by atoms with Gasteiger partial charge in [0.25, 0.3) is 5.91 Å². The molecular formula is C27H31ClN4O3S. The van der Waals surface area contributed by atoms with Crippen LogP contribution in [0.5, 0.6) is 5.75 Å². The van der Waals surface area contributed by atoms with Crippen LogP contribution in [0.4, 0.5) is 0 Å². The maximum Gasteiger partial charge on any atom is 0.287 e. The molecule has 0 unspecified atom stereocenters. The first-order valence-electron chi connectivity index (χ1n) is 12.4. The van der Waals surface area contributed by atoms with Crippen LogP contribution in [0.3, 0.4) is 0 Å². The van der Waals surface area contributed by atoms with E-state index in [0.29, 0.717) is 34.7 Å². The highest BCUT2D eigenvalue weighted by atomic mass is 35.5. The Morgan fingerprint density at radius 1 is 1.25 bits per heavy atom. The van der Waals surface area contributed by atoms with Gasteiger partial charge in [-0.25, -0.2) is 4.98 Å². The van der Waals surface area contributed by atoms with E-state index in [1.807, 2.05) is 41.0 Å². The van der Waals surface area contributed by atoms with E-state index in [9.17, 15) is 9.90 Å². The Hall–Kier alpha value is -2.65. The summed E-state index contributed by atoms with van der Waals surface area (Å²) in [6.45, 7) is 6.94. The molecule has 0 bridgehead atoms. The summed E-state index contributed by atoms with van der Waals surface area (Å²) in [5.41, 5.74) is 1.44. The number of benzene rings is 2. The molecule has 5 rings (SSSR count). The molecule has 7 nitrogen and oxygen atoms in total. The van der Waals surface area contributed by atoms with E-state index in [1.54, 1.807) is 11.3 Å². The Kier molecular flexibility index (Phi) is 7.48. The van der Waals surface area contributed by atoms with Crippen molar-refractivity contribution in [2.75, 3.05) is 26.3 Å². The molecule has 0 radical (unpaired) electrons. The number of halogens is 1. The SMILES string of the molecule is CC(C)N1CCC(NC(=O)c2nc3c(OCCO)cccc3n2Cc2cc3ccc(Cl)cc3s2)CC1. The van der Waals surface area contributed by atoms with Crippen molar-refractivity contribution in [3.8, 4) is 5.75 Å². The second kappa shape index (κ2) is 10.8. The summed E-state index contributed by atoms with van der Waals surface area (Å²) in [6, 6.07) is 14.3. The molecule has 1 fully saturated rings. The molecule has 1 aliphatic rings. The molecule has 1 amide bonds. The largest absolute Gasteiger partial charge is 0.489 e. The van der Waals surface area contributed by atoms with Gasteiger partial charge in [0.2, 0.25) is 5.82 Å². The molecule has 0 aliphatic carbocycles. The minimum absolute atomic E-state index is 0.0934. The first-order valence-corrected chi connectivity index (χ1v) is 13.6. The molecule has 3 heterocycles. The normalized spacial score (nSPS) is 15.2. The van der Waals surface area contributed by atoms with Crippen LogP contribution in [0.1, 0.15) is 42.2 Å². The van der Waals surface area contributed by atoms with Gasteiger partial charge in [0.1, 0.15) is 17.9 Å². The van der Waals surface area contributed by atoms with Crippen molar-refractivity contribution in [3.63, 3.8) is 0 Å². The summed E-state index contributed by atoms with van der Waals surface area (Å²) < 4.78 is 8.81. The van der Waals surface area contributed by atoms with Gasteiger partial charge >= 0.3 is 0 Å². The predicted molar refractivity (Wildman–Crippen MR) is 145 cm³/mol. The fraction of sp³-hybridized carbons (Fsp3) is 0.407. The van der Waals surface area contributed by atoms with Crippen LogP contribution in [0.25, 0.3) is 21.1 Å². The number of para-hydroxylation sites is 1. The van der Waals surface area contributed by atoms with E-state index >= 15 is 0 Å². The quantitative estimate of drug-likeness (QED) is 0.340. The van der Waals surface area contributed by atoms with Gasteiger partial charge in [-0.15, -0.1) is 11.3 Å². The van der Waals surface area contributed by atoms with Gasteiger partial charge < -0.3 is 24.6 Å². The maximum atomic E-state index is 13.5. The fourth-order valence-corrected chi connectivity index (χ4v) is 6.16. The minimum atomic E-state index is -0.175. The van der Waals surface area contributed by atoms with Gasteiger partial charge in [0.15, 0.2) is 0 Å². The number of imidazole rings is 1. The summed E-state index contributed by atoms with van der Waals surface area (Å²) in [5.74, 6) is 0.751. The van der Waals surface area contributed by atoms with Crippen LogP contribution < -0.4 is 10.1 Å². The van der Waals surface area contributed by atoms with Crippen molar-refractivity contribution in [1.29, 1.82) is 0 Å². The molecule has 2 N–H and O–H groups in total. The van der Waals surface area contributed by atoms with E-state index < -0.39 is 0 Å². The molecule has 2 aromatic heterocycles. The smallest absolute Gasteiger partial charge is 0.287 e. The number of hydrogen-bond donors (Lipinski definition) is 2. The number of piperidine rings is 1. The lowest BCUT2D eigenvalue weighted by atomic mass is 10.0. The van der Waals surface area contributed by atoms with Crippen LogP contribution in [0.15, 0.2) is 42.5 Å². The zero-order chi connectivity index (χ0) is 25.2. The van der Waals surface area contributed by atoms with Gasteiger partial charge in [-0.1, -0.05) is 23.7 Å². The number of nitrogens with zero attached hydrogens (tertiary/aromatic N) is 3. The molecule has 0 spiro atoms. The number of carbonyl (C=O) groups is 1. The van der Waals surface area contributed by atoms with Crippen LogP contribution in [-0.4, -0.2) is 63.9 Å². The Morgan fingerprint density at radius 2 is 2.06 bits per heavy atom. The zero-order valence-corrected chi connectivity index (χ0v) is 22.1. The third kappa shape index (κ3) is 5.22. The summed E-state index contributed by atoms with van der Waals surface area (Å²) in [4.78, 5) is 21.8. The van der Waals surface area contributed by atoms with Crippen molar-refractivity contribution < 1.29 is 14.6 Å². The van der Waals surface area contributed by atoms with Gasteiger partial charge in [0, 0.05) is 39.8 Å². The first-order chi connectivity index (χ1) is 17.4. The van der Waals surface area contributed by atoms with Gasteiger partial charge in [0.05, 0.1) is 18.7 Å². The number of hydrogen-bond acceptors (Lipinski definition) is 6. The molecule has 2 aromatic carbocycles. The average molecular weight is 527 g/mol. The number of amides is 1. The lowest BCUT2D eigenvalue weighted by molar-refractivity contribution is 0.0887. The molecule has 190 valence electrons. The Labute approximate surface area is 219 Å². The second-order valence-electron chi connectivity index (χ2n) is 9.49. The van der Waals surface area contributed by atoms with Gasteiger partial charge in [-0.3, -0.25) is 4.79 Å². The number of aliphatic hydroxyl groups is 1. The van der Waals surface area contributed by atoms with Crippen molar-refractivity contribution in [1.82, 2.24) is 19.8 Å². The van der Waals surface area contributed by atoms with Crippen molar-refractivity contribution in [3.05, 3.63) is 58.2 Å². The first kappa shape index (κ1) is 25.0. The summed E-state index contributed by atoms with van der Waals surface area (Å²) in [5, 5.41) is 14.3. The summed E-state index contributed by atoms with van der Waals surface area (Å²) >= 11 is 7.86. The maximum absolute atomic E-state index is 13.5. The molecule has 1 aliphatic heterocycles. The number of rotatable bonds is 8. The standard InChI is InChI=1S/C27H31ClN4O3S/c1-17(2)31-10-8-20(9-11-31)29-27(34)26-30-25-22(4-3-5-23(25)35-13-12-33)32(26)16-21-14-18-6-7-19(28)15-24(18)36-21/h3-7,14-15,17,20,33H,8-13,16H2,1-2H3,(H,29,34). The lowest BCUT2D eigenvalue weighted by Crippen LogP contribution is -2.47. The monoisotopic (exact) mass is 526 g/mol. The van der Waals surface area contributed by atoms with E-state index in [0.717, 1.165) is 46.4 Å². The van der Waals surface area contributed by atoms with Gasteiger partial charge in [-0.2, -0.15) is 0 Å². The number of fused-ring (bicyclic) bond motifs is 2. The number of nitrogens with one attached hydrogen (secondary N) is 1. The number of likely N-dealkylation sites (tertiary alicyclic amines) is 1. The third-order valence-electron chi connectivity index (χ3n) is 6.74. The van der Waals surface area contributed by atoms with Crippen molar-refractivity contribution in [2.45, 2.75) is 45.3 Å². The highest BCUT2D eigenvalue weighted by Crippen LogP contribution is 2.32. The van der Waals surface area contributed by atoms with Crippen LogP contribution in [0, 0.1) is 0 Å². The Morgan fingerprint density at radius 3 is 2.81 bits per heavy atom. The zero-order valence-electron chi connectivity index (χ0n) is 20.5. The van der Waals surface area contributed by atoms with E-state index in [-0.39, 0.29) is 25.2 Å². The Balaban J connectivity index is 1.47. The van der Waals surface area contributed by atoms with E-state index in [1.165, 1.54) is 0 Å². The van der Waals surface area contributed by atoms with Crippen molar-refractivity contribution in [2.24, 2.45) is 0 Å². The second-order valence-corrected chi connectivity index (χ2v) is 11.1. The molecule has 36 heavy (non-hydrogen) atoms. The van der Waals surface area contributed by atoms with E-state index in [4.69, 9.17) is 21.3 Å². The molecular weight excluding hydrogens is 496 g/mol. The highest BCUT2D eigenvalue weighted by molar-refractivity contribution is 7.19. The number of thiophene rings is 1. The molecule has 9 heteroatoms. The summed E-state index contributed by atoms with van der Waals surface area (Å²) in [6.07, 6.45) is 1.85. The number of aliphatic hydroxyl groups excluding tert-OH is 1. The number of aromatic nitrogens is 2. The highest BCUT2D eigenvalue weighted by Gasteiger charge is 2.26. The lowest BCUT2D eigenvalue weighted by Gasteiger charge is -2.34. The minimum Gasteiger partial charge on any atom is -0.489 e. The Bertz CT molecular complexity index is 1370. The topological polar surface area (TPSA) is 79.6 Å². The molecule has 1 saturated heterocycles. The van der Waals surface area contributed by atoms with E-state index in [2.05, 4.69) is 30.1 Å². The summed E-state index contributed by atoms with van der Waals surface area (Å²) in [7, 11) is 0. The average Bonchev–Trinajstić information content (AvgIpc) is 3.44. The number of carbonyl (C=O) groups excluding carboxylic acids is 1. The molecule has 4 aromatic rings. The third-order valence-corrected chi connectivity index (χ3v) is 8.05. The molecule has 0 atom stereocenters. The van der Waals surface area contributed by atoms with Crippen molar-refractivity contribution >= 4 is 50.0 Å². The predicted octanol–water partition coefficient (Wildman–Crippen LogP) is 4.93. The van der Waals surface area contributed by atoms with Crippen LogP contribution >= 0.6 is 22.9 Å². The van der Waals surface area contributed by atoms with Gasteiger partial charge in [-0.05, 0) is 62.4 Å².